The van der Waals surface area contributed by atoms with Crippen LogP contribution >= 0.6 is 27.5 Å². The van der Waals surface area contributed by atoms with E-state index in [9.17, 15) is 4.79 Å². The Morgan fingerprint density at radius 2 is 2.42 bits per heavy atom. The van der Waals surface area contributed by atoms with Crippen molar-refractivity contribution in [3.05, 3.63) is 27.5 Å². The van der Waals surface area contributed by atoms with Gasteiger partial charge in [0.2, 0.25) is 0 Å². The largest absolute Gasteiger partial charge is 0.294 e. The zero-order chi connectivity index (χ0) is 9.14. The third kappa shape index (κ3) is 2.05. The van der Waals surface area contributed by atoms with Gasteiger partial charge in [-0.1, -0.05) is 18.5 Å². The summed E-state index contributed by atoms with van der Waals surface area (Å²) in [6.45, 7) is 1.81. The van der Waals surface area contributed by atoms with E-state index in [1.807, 2.05) is 6.92 Å². The number of carbonyl (C=O) groups excluding carboxylic acids is 1. The van der Waals surface area contributed by atoms with Crippen LogP contribution in [0, 0.1) is 0 Å². The number of halogens is 2. The van der Waals surface area contributed by atoms with Crippen LogP contribution in [-0.2, 0) is 0 Å². The Morgan fingerprint density at radius 3 is 3.00 bits per heavy atom. The van der Waals surface area contributed by atoms with Crippen LogP contribution in [-0.4, -0.2) is 10.8 Å². The quantitative estimate of drug-likeness (QED) is 0.595. The van der Waals surface area contributed by atoms with E-state index in [-0.39, 0.29) is 5.78 Å². The first-order valence-electron chi connectivity index (χ1n) is 3.49. The summed E-state index contributed by atoms with van der Waals surface area (Å²) in [7, 11) is 0. The highest BCUT2D eigenvalue weighted by Gasteiger charge is 2.08. The molecule has 0 saturated carbocycles. The maximum atomic E-state index is 11.3. The number of carbonyl (C=O) groups is 1. The highest BCUT2D eigenvalue weighted by atomic mass is 79.9. The van der Waals surface area contributed by atoms with Crippen LogP contribution < -0.4 is 0 Å². The van der Waals surface area contributed by atoms with Gasteiger partial charge in [-0.3, -0.25) is 4.79 Å². The molecule has 12 heavy (non-hydrogen) atoms. The van der Waals surface area contributed by atoms with E-state index in [4.69, 9.17) is 11.6 Å². The Balaban J connectivity index is 3.13. The van der Waals surface area contributed by atoms with Crippen LogP contribution in [0.3, 0.4) is 0 Å². The number of Topliss-reactive ketones (excluding diaryl/α,β-unsaturated/α-hetero) is 1. The van der Waals surface area contributed by atoms with Crippen molar-refractivity contribution in [1.29, 1.82) is 0 Å². The van der Waals surface area contributed by atoms with Gasteiger partial charge in [0.1, 0.15) is 5.15 Å². The third-order valence-corrected chi connectivity index (χ3v) is 2.28. The molecule has 2 nitrogen and oxygen atoms in total. The Labute approximate surface area is 84.1 Å². The van der Waals surface area contributed by atoms with E-state index in [1.165, 1.54) is 6.20 Å². The minimum atomic E-state index is 0.0613. The number of hydrogen-bond acceptors (Lipinski definition) is 2. The maximum absolute atomic E-state index is 11.3. The van der Waals surface area contributed by atoms with Crippen LogP contribution in [0.5, 0.6) is 0 Å². The van der Waals surface area contributed by atoms with Crippen LogP contribution in [0.15, 0.2) is 16.7 Å². The molecule has 0 spiro atoms. The molecule has 0 unspecified atom stereocenters. The molecule has 0 saturated heterocycles. The molecule has 0 radical (unpaired) electrons. The van der Waals surface area contributed by atoms with Crippen molar-refractivity contribution in [2.24, 2.45) is 0 Å². The number of pyridine rings is 1. The summed E-state index contributed by atoms with van der Waals surface area (Å²) in [6, 6.07) is 1.57. The van der Waals surface area contributed by atoms with Crippen molar-refractivity contribution in [3.63, 3.8) is 0 Å². The van der Waals surface area contributed by atoms with E-state index in [0.29, 0.717) is 21.6 Å². The Morgan fingerprint density at radius 1 is 1.75 bits per heavy atom. The standard InChI is InChI=1S/C8H7BrClNO/c1-2-7(12)5-3-8(10)11-4-6(5)9/h3-4H,2H2,1H3. The summed E-state index contributed by atoms with van der Waals surface area (Å²) < 4.78 is 0.693. The fourth-order valence-corrected chi connectivity index (χ4v) is 1.41. The lowest BCUT2D eigenvalue weighted by Gasteiger charge is -2.00. The van der Waals surface area contributed by atoms with E-state index in [0.717, 1.165) is 0 Å². The number of ketones is 1. The van der Waals surface area contributed by atoms with Crippen molar-refractivity contribution in [3.8, 4) is 0 Å². The highest BCUT2D eigenvalue weighted by molar-refractivity contribution is 9.10. The van der Waals surface area contributed by atoms with Crippen molar-refractivity contribution >= 4 is 33.3 Å². The third-order valence-electron chi connectivity index (χ3n) is 1.44. The summed E-state index contributed by atoms with van der Waals surface area (Å²) in [5.74, 6) is 0.0613. The van der Waals surface area contributed by atoms with Gasteiger partial charge in [0, 0.05) is 22.7 Å². The molecule has 0 aliphatic rings. The molecular formula is C8H7BrClNO. The average molecular weight is 249 g/mol. The minimum absolute atomic E-state index is 0.0613. The molecule has 0 bridgehead atoms. The van der Waals surface area contributed by atoms with Crippen molar-refractivity contribution in [2.45, 2.75) is 13.3 Å². The molecule has 4 heteroatoms. The molecule has 0 N–H and O–H groups in total. The van der Waals surface area contributed by atoms with E-state index >= 15 is 0 Å². The molecule has 1 rings (SSSR count). The summed E-state index contributed by atoms with van der Waals surface area (Å²) in [4.78, 5) is 15.1. The fraction of sp³-hybridized carbons (Fsp3) is 0.250. The van der Waals surface area contributed by atoms with Gasteiger partial charge in [-0.15, -0.1) is 0 Å². The molecule has 0 aliphatic carbocycles. The molecule has 1 heterocycles. The zero-order valence-electron chi connectivity index (χ0n) is 6.47. The normalized spacial score (nSPS) is 9.92. The van der Waals surface area contributed by atoms with Gasteiger partial charge < -0.3 is 0 Å². The number of hydrogen-bond donors (Lipinski definition) is 0. The van der Waals surface area contributed by atoms with E-state index in [2.05, 4.69) is 20.9 Å². The molecule has 1 aromatic rings. The minimum Gasteiger partial charge on any atom is -0.294 e. The topological polar surface area (TPSA) is 30.0 Å². The molecule has 0 aliphatic heterocycles. The van der Waals surface area contributed by atoms with Crippen LogP contribution in [0.25, 0.3) is 0 Å². The van der Waals surface area contributed by atoms with Gasteiger partial charge in [-0.05, 0) is 22.0 Å². The molecule has 64 valence electrons. The first kappa shape index (κ1) is 9.68. The molecular weight excluding hydrogens is 241 g/mol. The molecule has 0 aromatic carbocycles. The van der Waals surface area contributed by atoms with Crippen LogP contribution in [0.4, 0.5) is 0 Å². The smallest absolute Gasteiger partial charge is 0.163 e. The predicted octanol–water partition coefficient (Wildman–Crippen LogP) is 3.09. The second-order valence-corrected chi connectivity index (χ2v) is 3.51. The lowest BCUT2D eigenvalue weighted by atomic mass is 10.1. The summed E-state index contributed by atoms with van der Waals surface area (Å²) in [5, 5.41) is 0.343. The molecule has 1 aromatic heterocycles. The zero-order valence-corrected chi connectivity index (χ0v) is 8.82. The van der Waals surface area contributed by atoms with E-state index < -0.39 is 0 Å². The SMILES string of the molecule is CCC(=O)c1cc(Cl)ncc1Br. The molecule has 0 atom stereocenters. The van der Waals surface area contributed by atoms with Gasteiger partial charge >= 0.3 is 0 Å². The summed E-state index contributed by atoms with van der Waals surface area (Å²) in [6.07, 6.45) is 2.00. The first-order valence-corrected chi connectivity index (χ1v) is 4.66. The highest BCUT2D eigenvalue weighted by Crippen LogP contribution is 2.19. The van der Waals surface area contributed by atoms with Crippen LogP contribution in [0.1, 0.15) is 23.7 Å². The second-order valence-electron chi connectivity index (χ2n) is 2.26. The lowest BCUT2D eigenvalue weighted by molar-refractivity contribution is 0.0987. The Kier molecular flexibility index (Phi) is 3.23. The molecule has 0 fully saturated rings. The number of nitrogens with zero attached hydrogens (tertiary/aromatic N) is 1. The monoisotopic (exact) mass is 247 g/mol. The van der Waals surface area contributed by atoms with Crippen molar-refractivity contribution < 1.29 is 4.79 Å². The van der Waals surface area contributed by atoms with E-state index in [1.54, 1.807) is 6.07 Å². The van der Waals surface area contributed by atoms with Crippen molar-refractivity contribution in [2.75, 3.05) is 0 Å². The predicted molar refractivity (Wildman–Crippen MR) is 51.6 cm³/mol. The Hall–Kier alpha value is -0.410. The van der Waals surface area contributed by atoms with Crippen LogP contribution in [0.2, 0.25) is 5.15 Å². The maximum Gasteiger partial charge on any atom is 0.163 e. The van der Waals surface area contributed by atoms with Gasteiger partial charge in [0.15, 0.2) is 5.78 Å². The fourth-order valence-electron chi connectivity index (χ4n) is 0.817. The molecule has 0 amide bonds. The average Bonchev–Trinajstić information content (AvgIpc) is 2.08. The van der Waals surface area contributed by atoms with Gasteiger partial charge in [0.25, 0.3) is 0 Å². The second kappa shape index (κ2) is 4.01. The van der Waals surface area contributed by atoms with Gasteiger partial charge in [-0.25, -0.2) is 4.98 Å². The Bertz CT molecular complexity index is 314. The first-order chi connectivity index (χ1) is 5.65. The van der Waals surface area contributed by atoms with Crippen molar-refractivity contribution in [1.82, 2.24) is 4.98 Å². The van der Waals surface area contributed by atoms with Gasteiger partial charge in [-0.2, -0.15) is 0 Å². The summed E-state index contributed by atoms with van der Waals surface area (Å²) in [5.41, 5.74) is 0.595. The number of rotatable bonds is 2. The number of aromatic nitrogens is 1. The summed E-state index contributed by atoms with van der Waals surface area (Å²) >= 11 is 8.86. The lowest BCUT2D eigenvalue weighted by Crippen LogP contribution is -1.98. The van der Waals surface area contributed by atoms with Gasteiger partial charge in [0.05, 0.1) is 0 Å².